The number of hydrogen-bond acceptors (Lipinski definition) is 5. The van der Waals surface area contributed by atoms with Crippen LogP contribution in [-0.2, 0) is 28.9 Å². The molecule has 7 nitrogen and oxygen atoms in total. The van der Waals surface area contributed by atoms with E-state index < -0.39 is 15.9 Å². The van der Waals surface area contributed by atoms with Crippen molar-refractivity contribution in [2.75, 3.05) is 0 Å². The number of para-hydroxylation sites is 2. The van der Waals surface area contributed by atoms with E-state index in [1.807, 2.05) is 54.6 Å². The van der Waals surface area contributed by atoms with Crippen molar-refractivity contribution < 1.29 is 22.4 Å². The topological polar surface area (TPSA) is 97.6 Å². The maximum Gasteiger partial charge on any atom is 0.287 e. The highest BCUT2D eigenvalue weighted by atomic mass is 32.2. The lowest BCUT2D eigenvalue weighted by Crippen LogP contribution is -2.32. The number of ether oxygens (including phenoxy) is 1. The highest BCUT2D eigenvalue weighted by molar-refractivity contribution is 7.88. The fraction of sp³-hybridized carbons (Fsp3) is 0.222. The van der Waals surface area contributed by atoms with E-state index in [0.29, 0.717) is 28.0 Å². The summed E-state index contributed by atoms with van der Waals surface area (Å²) < 4.78 is 39.2. The lowest BCUT2D eigenvalue weighted by atomic mass is 10.1. The average Bonchev–Trinajstić information content (AvgIpc) is 3.20. The number of furan rings is 1. The van der Waals surface area contributed by atoms with Crippen LogP contribution in [0.2, 0.25) is 0 Å². The lowest BCUT2D eigenvalue weighted by Gasteiger charge is -2.13. The number of amides is 1. The minimum absolute atomic E-state index is 0.155. The largest absolute Gasteiger partial charge is 0.489 e. The van der Waals surface area contributed by atoms with Crippen LogP contribution >= 0.6 is 0 Å². The van der Waals surface area contributed by atoms with E-state index in [-0.39, 0.29) is 30.7 Å². The summed E-state index contributed by atoms with van der Waals surface area (Å²) in [6.45, 7) is 3.87. The Morgan fingerprint density at radius 2 is 1.57 bits per heavy atom. The lowest BCUT2D eigenvalue weighted by molar-refractivity contribution is 0.0922. The van der Waals surface area contributed by atoms with Crippen LogP contribution in [0.15, 0.2) is 83.3 Å². The Labute approximate surface area is 205 Å². The van der Waals surface area contributed by atoms with Gasteiger partial charge in [-0.3, -0.25) is 4.79 Å². The van der Waals surface area contributed by atoms with Crippen molar-refractivity contribution >= 4 is 26.9 Å². The first-order valence-corrected chi connectivity index (χ1v) is 13.0. The zero-order chi connectivity index (χ0) is 24.8. The number of carbonyl (C=O) groups is 1. The Kier molecular flexibility index (Phi) is 7.53. The molecular formula is C27H28N2O5S. The number of rotatable bonds is 10. The molecular weight excluding hydrogens is 464 g/mol. The molecule has 0 atom stereocenters. The Bertz CT molecular complexity index is 1410. The molecule has 8 heteroatoms. The van der Waals surface area contributed by atoms with Crippen LogP contribution in [0.1, 0.15) is 41.1 Å². The second kappa shape index (κ2) is 10.8. The van der Waals surface area contributed by atoms with Gasteiger partial charge in [0.2, 0.25) is 10.0 Å². The van der Waals surface area contributed by atoms with Gasteiger partial charge in [0, 0.05) is 23.5 Å². The standard InChI is InChI=1S/C27H28N2O5S/c1-19(2)29-35(31,32)18-21-11-7-6-10-20(21)16-28-27(30)26-24(17-33-22-12-4-3-5-13-22)23-14-8-9-15-25(23)34-26/h3-15,19,29H,16-18H2,1-2H3,(H,28,30). The third kappa shape index (κ3) is 6.29. The monoisotopic (exact) mass is 492 g/mol. The van der Waals surface area contributed by atoms with Crippen LogP contribution in [0, 0.1) is 0 Å². The average molecular weight is 493 g/mol. The van der Waals surface area contributed by atoms with Gasteiger partial charge in [0.25, 0.3) is 5.91 Å². The predicted octanol–water partition coefficient (Wildman–Crippen LogP) is 4.77. The molecule has 35 heavy (non-hydrogen) atoms. The summed E-state index contributed by atoms with van der Waals surface area (Å²) in [5.74, 6) is 0.298. The summed E-state index contributed by atoms with van der Waals surface area (Å²) in [5, 5.41) is 3.68. The molecule has 0 radical (unpaired) electrons. The summed E-state index contributed by atoms with van der Waals surface area (Å²) in [6, 6.07) is 23.7. The number of hydrogen-bond donors (Lipinski definition) is 2. The maximum atomic E-state index is 13.2. The molecule has 0 bridgehead atoms. The molecule has 0 spiro atoms. The summed E-state index contributed by atoms with van der Waals surface area (Å²) in [7, 11) is -3.50. The summed E-state index contributed by atoms with van der Waals surface area (Å²) in [4.78, 5) is 13.2. The van der Waals surface area contributed by atoms with Crippen LogP contribution in [0.4, 0.5) is 0 Å². The second-order valence-corrected chi connectivity index (χ2v) is 10.2. The zero-order valence-corrected chi connectivity index (χ0v) is 20.5. The molecule has 0 unspecified atom stereocenters. The van der Waals surface area contributed by atoms with E-state index in [1.165, 1.54) is 0 Å². The molecule has 0 aliphatic rings. The highest BCUT2D eigenvalue weighted by Crippen LogP contribution is 2.27. The number of carbonyl (C=O) groups excluding carboxylic acids is 1. The highest BCUT2D eigenvalue weighted by Gasteiger charge is 2.22. The van der Waals surface area contributed by atoms with Gasteiger partial charge in [0.1, 0.15) is 17.9 Å². The van der Waals surface area contributed by atoms with E-state index >= 15 is 0 Å². The molecule has 0 aliphatic heterocycles. The van der Waals surface area contributed by atoms with Crippen molar-refractivity contribution in [3.8, 4) is 5.75 Å². The van der Waals surface area contributed by atoms with E-state index in [4.69, 9.17) is 9.15 Å². The number of fused-ring (bicyclic) bond motifs is 1. The zero-order valence-electron chi connectivity index (χ0n) is 19.7. The van der Waals surface area contributed by atoms with Gasteiger partial charge in [0.05, 0.1) is 5.75 Å². The van der Waals surface area contributed by atoms with Crippen molar-refractivity contribution in [2.24, 2.45) is 0 Å². The van der Waals surface area contributed by atoms with E-state index in [0.717, 1.165) is 5.39 Å². The molecule has 3 aromatic carbocycles. The first-order valence-electron chi connectivity index (χ1n) is 11.4. The van der Waals surface area contributed by atoms with Crippen LogP contribution in [0.25, 0.3) is 11.0 Å². The molecule has 0 aliphatic carbocycles. The molecule has 1 aromatic heterocycles. The number of nitrogens with one attached hydrogen (secondary N) is 2. The molecule has 2 N–H and O–H groups in total. The quantitative estimate of drug-likeness (QED) is 0.332. The van der Waals surface area contributed by atoms with Crippen molar-refractivity contribution in [3.63, 3.8) is 0 Å². The van der Waals surface area contributed by atoms with E-state index in [9.17, 15) is 13.2 Å². The number of sulfonamides is 1. The summed E-state index contributed by atoms with van der Waals surface area (Å²) >= 11 is 0. The summed E-state index contributed by atoms with van der Waals surface area (Å²) in [6.07, 6.45) is 0. The summed E-state index contributed by atoms with van der Waals surface area (Å²) in [5.41, 5.74) is 2.58. The van der Waals surface area contributed by atoms with Gasteiger partial charge in [-0.1, -0.05) is 60.7 Å². The third-order valence-corrected chi connectivity index (χ3v) is 6.87. The smallest absolute Gasteiger partial charge is 0.287 e. The van der Waals surface area contributed by atoms with Gasteiger partial charge in [-0.2, -0.15) is 0 Å². The van der Waals surface area contributed by atoms with Gasteiger partial charge < -0.3 is 14.5 Å². The minimum Gasteiger partial charge on any atom is -0.489 e. The molecule has 1 amide bonds. The first kappa shape index (κ1) is 24.5. The Morgan fingerprint density at radius 3 is 2.31 bits per heavy atom. The molecule has 0 saturated heterocycles. The first-order chi connectivity index (χ1) is 16.8. The Balaban J connectivity index is 1.53. The van der Waals surface area contributed by atoms with Gasteiger partial charge in [-0.05, 0) is 43.2 Å². The van der Waals surface area contributed by atoms with Crippen molar-refractivity contribution in [1.29, 1.82) is 0 Å². The SMILES string of the molecule is CC(C)NS(=O)(=O)Cc1ccccc1CNC(=O)c1oc2ccccc2c1COc1ccccc1. The van der Waals surface area contributed by atoms with Crippen molar-refractivity contribution in [3.05, 3.63) is 101 Å². The van der Waals surface area contributed by atoms with Crippen LogP contribution in [0.5, 0.6) is 5.75 Å². The third-order valence-electron chi connectivity index (χ3n) is 5.35. The molecule has 1 heterocycles. The Hall–Kier alpha value is -3.62. The van der Waals surface area contributed by atoms with E-state index in [2.05, 4.69) is 10.0 Å². The van der Waals surface area contributed by atoms with E-state index in [1.54, 1.807) is 38.1 Å². The minimum atomic E-state index is -3.50. The normalized spacial score (nSPS) is 11.6. The maximum absolute atomic E-state index is 13.2. The van der Waals surface area contributed by atoms with Gasteiger partial charge >= 0.3 is 0 Å². The number of benzene rings is 3. The molecule has 4 aromatic rings. The van der Waals surface area contributed by atoms with Crippen LogP contribution in [-0.4, -0.2) is 20.4 Å². The second-order valence-electron chi connectivity index (χ2n) is 8.49. The fourth-order valence-electron chi connectivity index (χ4n) is 3.83. The Morgan fingerprint density at radius 1 is 0.914 bits per heavy atom. The van der Waals surface area contributed by atoms with Crippen molar-refractivity contribution in [2.45, 2.75) is 38.8 Å². The van der Waals surface area contributed by atoms with Gasteiger partial charge in [-0.15, -0.1) is 0 Å². The molecule has 4 rings (SSSR count). The molecule has 182 valence electrons. The van der Waals surface area contributed by atoms with Gasteiger partial charge in [0.15, 0.2) is 5.76 Å². The predicted molar refractivity (Wildman–Crippen MR) is 135 cm³/mol. The molecule has 0 saturated carbocycles. The van der Waals surface area contributed by atoms with Crippen molar-refractivity contribution in [1.82, 2.24) is 10.0 Å². The van der Waals surface area contributed by atoms with Crippen LogP contribution < -0.4 is 14.8 Å². The molecule has 0 fully saturated rings. The van der Waals surface area contributed by atoms with Crippen LogP contribution in [0.3, 0.4) is 0 Å². The van der Waals surface area contributed by atoms with Gasteiger partial charge in [-0.25, -0.2) is 13.1 Å². The fourth-order valence-corrected chi connectivity index (χ4v) is 5.32.